The Balaban J connectivity index is 1.63. The zero-order valence-electron chi connectivity index (χ0n) is 11.1. The fourth-order valence-corrected chi connectivity index (χ4v) is 2.45. The molecule has 112 valence electrons. The van der Waals surface area contributed by atoms with Crippen LogP contribution in [0.2, 0.25) is 5.02 Å². The van der Waals surface area contributed by atoms with Crippen LogP contribution in [0.3, 0.4) is 0 Å². The molecule has 3 atom stereocenters. The van der Waals surface area contributed by atoms with Gasteiger partial charge in [-0.05, 0) is 17.7 Å². The molecule has 8 heteroatoms. The van der Waals surface area contributed by atoms with Crippen molar-refractivity contribution in [1.29, 1.82) is 0 Å². The third-order valence-corrected chi connectivity index (χ3v) is 3.78. The molecule has 0 bridgehead atoms. The van der Waals surface area contributed by atoms with E-state index in [0.29, 0.717) is 17.5 Å². The summed E-state index contributed by atoms with van der Waals surface area (Å²) in [5, 5.41) is 16.5. The Morgan fingerprint density at radius 1 is 1.38 bits per heavy atom. The Bertz CT molecular complexity index is 562. The van der Waals surface area contributed by atoms with Crippen LogP contribution in [0.25, 0.3) is 0 Å². The van der Waals surface area contributed by atoms with Gasteiger partial charge in [-0.2, -0.15) is 0 Å². The van der Waals surface area contributed by atoms with E-state index in [4.69, 9.17) is 11.6 Å². The van der Waals surface area contributed by atoms with E-state index in [1.807, 2.05) is 0 Å². The smallest absolute Gasteiger partial charge is 0.234 e. The van der Waals surface area contributed by atoms with Crippen LogP contribution in [0.15, 0.2) is 29.3 Å². The second kappa shape index (κ2) is 5.98. The molecule has 1 aromatic rings. The number of hydrogen-bond acceptors (Lipinski definition) is 5. The van der Waals surface area contributed by atoms with Crippen LogP contribution in [-0.4, -0.2) is 36.2 Å². The lowest BCUT2D eigenvalue weighted by molar-refractivity contribution is -0.124. The SMILES string of the molecule is O=C1NC(=NCC(O)c2ccc(Cl)cc2)NC2NNCC12. The number of halogens is 1. The molecule has 3 rings (SSSR count). The van der Waals surface area contributed by atoms with E-state index in [0.717, 1.165) is 5.56 Å². The second-order valence-electron chi connectivity index (χ2n) is 5.00. The predicted molar refractivity (Wildman–Crippen MR) is 78.4 cm³/mol. The molecule has 3 unspecified atom stereocenters. The standard InChI is InChI=1S/C13H16ClN5O2/c14-8-3-1-7(2-4-8)10(20)6-15-13-17-11-9(5-16-19-11)12(21)18-13/h1-4,9-11,16,19-20H,5-6H2,(H2,15,17,18,21). The number of benzene rings is 1. The first kappa shape index (κ1) is 14.3. The molecule has 21 heavy (non-hydrogen) atoms. The Hall–Kier alpha value is -1.67. The molecule has 0 saturated carbocycles. The zero-order valence-corrected chi connectivity index (χ0v) is 11.9. The monoisotopic (exact) mass is 309 g/mol. The number of carbonyl (C=O) groups excluding carboxylic acids is 1. The molecule has 0 aromatic heterocycles. The maximum atomic E-state index is 11.8. The summed E-state index contributed by atoms with van der Waals surface area (Å²) in [5.41, 5.74) is 6.61. The van der Waals surface area contributed by atoms with Crippen LogP contribution in [0, 0.1) is 5.92 Å². The number of carbonyl (C=O) groups is 1. The first-order valence-electron chi connectivity index (χ1n) is 6.67. The van der Waals surface area contributed by atoms with Crippen molar-refractivity contribution >= 4 is 23.5 Å². The molecule has 7 nitrogen and oxygen atoms in total. The van der Waals surface area contributed by atoms with Gasteiger partial charge in [-0.15, -0.1) is 0 Å². The first-order chi connectivity index (χ1) is 10.1. The Morgan fingerprint density at radius 2 is 2.14 bits per heavy atom. The molecule has 0 spiro atoms. The summed E-state index contributed by atoms with van der Waals surface area (Å²) in [4.78, 5) is 16.1. The van der Waals surface area contributed by atoms with Crippen molar-refractivity contribution in [3.05, 3.63) is 34.9 Å². The van der Waals surface area contributed by atoms with Crippen molar-refractivity contribution in [2.24, 2.45) is 10.9 Å². The van der Waals surface area contributed by atoms with E-state index >= 15 is 0 Å². The highest BCUT2D eigenvalue weighted by Crippen LogP contribution is 2.17. The average molecular weight is 310 g/mol. The van der Waals surface area contributed by atoms with Crippen molar-refractivity contribution in [2.45, 2.75) is 12.3 Å². The van der Waals surface area contributed by atoms with E-state index in [-0.39, 0.29) is 24.5 Å². The molecule has 2 fully saturated rings. The average Bonchev–Trinajstić information content (AvgIpc) is 2.94. The highest BCUT2D eigenvalue weighted by atomic mass is 35.5. The normalized spacial score (nSPS) is 27.9. The highest BCUT2D eigenvalue weighted by molar-refractivity contribution is 6.30. The van der Waals surface area contributed by atoms with Gasteiger partial charge in [0, 0.05) is 11.6 Å². The summed E-state index contributed by atoms with van der Waals surface area (Å²) < 4.78 is 0. The van der Waals surface area contributed by atoms with Gasteiger partial charge in [0.1, 0.15) is 6.17 Å². The molecule has 1 aromatic carbocycles. The molecule has 2 heterocycles. The Labute approximate surface area is 126 Å². The van der Waals surface area contributed by atoms with Crippen molar-refractivity contribution in [3.8, 4) is 0 Å². The zero-order chi connectivity index (χ0) is 14.8. The molecule has 0 radical (unpaired) electrons. The van der Waals surface area contributed by atoms with Crippen LogP contribution in [0.5, 0.6) is 0 Å². The van der Waals surface area contributed by atoms with E-state index in [1.54, 1.807) is 24.3 Å². The van der Waals surface area contributed by atoms with Crippen LogP contribution in [-0.2, 0) is 4.79 Å². The lowest BCUT2D eigenvalue weighted by Gasteiger charge is -2.27. The number of aliphatic hydroxyl groups is 1. The van der Waals surface area contributed by atoms with Crippen molar-refractivity contribution < 1.29 is 9.90 Å². The van der Waals surface area contributed by atoms with Gasteiger partial charge < -0.3 is 10.4 Å². The number of hydrogen-bond donors (Lipinski definition) is 5. The van der Waals surface area contributed by atoms with Crippen LogP contribution in [0.4, 0.5) is 0 Å². The van der Waals surface area contributed by atoms with Gasteiger partial charge in [0.05, 0.1) is 18.6 Å². The Kier molecular flexibility index (Phi) is 4.07. The number of nitrogens with one attached hydrogen (secondary N) is 4. The minimum absolute atomic E-state index is 0.0871. The molecule has 2 saturated heterocycles. The molecule has 1 amide bonds. The largest absolute Gasteiger partial charge is 0.386 e. The fourth-order valence-electron chi connectivity index (χ4n) is 2.32. The van der Waals surface area contributed by atoms with Crippen LogP contribution >= 0.6 is 11.6 Å². The number of nitrogens with zero attached hydrogens (tertiary/aromatic N) is 1. The van der Waals surface area contributed by atoms with E-state index in [9.17, 15) is 9.90 Å². The third-order valence-electron chi connectivity index (χ3n) is 3.53. The maximum Gasteiger partial charge on any atom is 0.234 e. The van der Waals surface area contributed by atoms with Gasteiger partial charge in [0.15, 0.2) is 5.96 Å². The van der Waals surface area contributed by atoms with Crippen molar-refractivity contribution in [2.75, 3.05) is 13.1 Å². The summed E-state index contributed by atoms with van der Waals surface area (Å²) in [6.45, 7) is 0.721. The van der Waals surface area contributed by atoms with Gasteiger partial charge in [0.2, 0.25) is 5.91 Å². The number of fused-ring (bicyclic) bond motifs is 1. The maximum absolute atomic E-state index is 11.8. The summed E-state index contributed by atoms with van der Waals surface area (Å²) in [6.07, 6.45) is -0.925. The Morgan fingerprint density at radius 3 is 2.90 bits per heavy atom. The molecule has 0 aliphatic carbocycles. The van der Waals surface area contributed by atoms with Crippen molar-refractivity contribution in [1.82, 2.24) is 21.5 Å². The number of rotatable bonds is 3. The fraction of sp³-hybridized carbons (Fsp3) is 0.385. The van der Waals surface area contributed by atoms with E-state index in [1.165, 1.54) is 0 Å². The minimum Gasteiger partial charge on any atom is -0.386 e. The molecule has 2 aliphatic rings. The second-order valence-corrected chi connectivity index (χ2v) is 5.44. The predicted octanol–water partition coefficient (Wildman–Crippen LogP) is -0.501. The van der Waals surface area contributed by atoms with Gasteiger partial charge in [-0.3, -0.25) is 15.5 Å². The molecule has 2 aliphatic heterocycles. The quantitative estimate of drug-likeness (QED) is 0.518. The third kappa shape index (κ3) is 3.16. The minimum atomic E-state index is -0.749. The van der Waals surface area contributed by atoms with E-state index in [2.05, 4.69) is 26.5 Å². The number of amides is 1. The lowest BCUT2D eigenvalue weighted by atomic mass is 10.1. The van der Waals surface area contributed by atoms with Gasteiger partial charge >= 0.3 is 0 Å². The topological polar surface area (TPSA) is 97.8 Å². The van der Waals surface area contributed by atoms with Gasteiger partial charge in [-0.1, -0.05) is 23.7 Å². The number of aliphatic hydroxyl groups excluding tert-OH is 1. The summed E-state index contributed by atoms with van der Waals surface area (Å²) in [7, 11) is 0. The summed E-state index contributed by atoms with van der Waals surface area (Å²) in [6, 6.07) is 6.93. The number of aliphatic imine (C=N–C) groups is 1. The number of guanidine groups is 1. The first-order valence-corrected chi connectivity index (χ1v) is 7.05. The molecular weight excluding hydrogens is 294 g/mol. The van der Waals surface area contributed by atoms with Crippen molar-refractivity contribution in [3.63, 3.8) is 0 Å². The summed E-state index contributed by atoms with van der Waals surface area (Å²) in [5.74, 6) is 0.117. The van der Waals surface area contributed by atoms with Crippen LogP contribution in [0.1, 0.15) is 11.7 Å². The lowest BCUT2D eigenvalue weighted by Crippen LogP contribution is -2.61. The highest BCUT2D eigenvalue weighted by Gasteiger charge is 2.37. The van der Waals surface area contributed by atoms with Crippen LogP contribution < -0.4 is 21.5 Å². The van der Waals surface area contributed by atoms with Gasteiger partial charge in [0.25, 0.3) is 0 Å². The summed E-state index contributed by atoms with van der Waals surface area (Å²) >= 11 is 5.80. The molecular formula is C13H16ClN5O2. The van der Waals surface area contributed by atoms with Gasteiger partial charge in [-0.25, -0.2) is 10.4 Å². The van der Waals surface area contributed by atoms with E-state index < -0.39 is 6.10 Å². The number of hydrazine groups is 1. The molecule has 5 N–H and O–H groups in total.